The van der Waals surface area contributed by atoms with Crippen LogP contribution in [0.4, 0.5) is 5.69 Å². The second-order valence-corrected chi connectivity index (χ2v) is 7.96. The smallest absolute Gasteiger partial charge is 0.371 e. The molecule has 27 heavy (non-hydrogen) atoms. The first kappa shape index (κ1) is 17.9. The Morgan fingerprint density at radius 3 is 2.70 bits per heavy atom. The van der Waals surface area contributed by atoms with Crippen LogP contribution >= 0.6 is 11.8 Å². The van der Waals surface area contributed by atoms with Crippen LogP contribution in [0.25, 0.3) is 11.0 Å². The van der Waals surface area contributed by atoms with E-state index in [1.54, 1.807) is 34.9 Å². The van der Waals surface area contributed by atoms with Crippen molar-refractivity contribution in [2.75, 3.05) is 16.9 Å². The van der Waals surface area contributed by atoms with Gasteiger partial charge in [-0.2, -0.15) is 0 Å². The summed E-state index contributed by atoms with van der Waals surface area (Å²) in [5.74, 6) is -0.218. The molecule has 8 heteroatoms. The minimum Gasteiger partial charge on any atom is -0.475 e. The molecule has 1 aliphatic heterocycles. The highest BCUT2D eigenvalue weighted by Crippen LogP contribution is 2.31. The van der Waals surface area contributed by atoms with E-state index in [1.165, 1.54) is 6.07 Å². The monoisotopic (exact) mass is 388 g/mol. The van der Waals surface area contributed by atoms with Gasteiger partial charge >= 0.3 is 5.97 Å². The van der Waals surface area contributed by atoms with Gasteiger partial charge in [-0.15, -0.1) is 11.8 Å². The van der Waals surface area contributed by atoms with Gasteiger partial charge in [-0.3, -0.25) is 9.59 Å². The summed E-state index contributed by atoms with van der Waals surface area (Å²) in [5.41, 5.74) is 0.996. The maximum atomic E-state index is 12.8. The molecule has 1 saturated carbocycles. The van der Waals surface area contributed by atoms with Crippen molar-refractivity contribution in [1.82, 2.24) is 4.90 Å². The standard InChI is InChI=1S/C19H20N2O5S/c22-17(14-9-27-10-21(14)18(23)11-3-1-2-4-11)20-13-5-6-15-12(7-13)8-16(26-15)19(24)25/h5-8,11,14H,1-4,9-10H2,(H,20,22)(H,24,25). The van der Waals surface area contributed by atoms with Crippen molar-refractivity contribution in [2.24, 2.45) is 5.92 Å². The molecule has 2 heterocycles. The third-order valence-corrected chi connectivity index (χ3v) is 6.18. The number of rotatable bonds is 4. The number of carboxylic acid groups (broad SMARTS) is 1. The van der Waals surface area contributed by atoms with Crippen molar-refractivity contribution in [3.05, 3.63) is 30.0 Å². The number of hydrogen-bond donors (Lipinski definition) is 2. The van der Waals surface area contributed by atoms with Crippen LogP contribution in [0.15, 0.2) is 28.7 Å². The number of furan rings is 1. The summed E-state index contributed by atoms with van der Waals surface area (Å²) >= 11 is 1.59. The summed E-state index contributed by atoms with van der Waals surface area (Å²) in [4.78, 5) is 38.2. The molecule has 142 valence electrons. The van der Waals surface area contributed by atoms with E-state index in [-0.39, 0.29) is 23.5 Å². The predicted molar refractivity (Wildman–Crippen MR) is 102 cm³/mol. The molecule has 1 saturated heterocycles. The number of nitrogens with one attached hydrogen (secondary N) is 1. The van der Waals surface area contributed by atoms with Crippen molar-refractivity contribution >= 4 is 46.2 Å². The zero-order chi connectivity index (χ0) is 19.0. The van der Waals surface area contributed by atoms with E-state index in [4.69, 9.17) is 9.52 Å². The number of carboxylic acids is 1. The summed E-state index contributed by atoms with van der Waals surface area (Å²) in [6.45, 7) is 0. The maximum absolute atomic E-state index is 12.8. The second-order valence-electron chi connectivity index (χ2n) is 6.96. The Kier molecular flexibility index (Phi) is 4.82. The van der Waals surface area contributed by atoms with Crippen molar-refractivity contribution < 1.29 is 23.9 Å². The van der Waals surface area contributed by atoms with E-state index < -0.39 is 12.0 Å². The highest BCUT2D eigenvalue weighted by Gasteiger charge is 2.38. The quantitative estimate of drug-likeness (QED) is 0.835. The second kappa shape index (κ2) is 7.26. The highest BCUT2D eigenvalue weighted by atomic mass is 32.2. The first-order valence-electron chi connectivity index (χ1n) is 8.99. The molecule has 2 amide bonds. The van der Waals surface area contributed by atoms with Crippen LogP contribution < -0.4 is 5.32 Å². The van der Waals surface area contributed by atoms with Crippen LogP contribution in [0.1, 0.15) is 36.2 Å². The molecule has 4 rings (SSSR count). The fraction of sp³-hybridized carbons (Fsp3) is 0.421. The van der Waals surface area contributed by atoms with E-state index >= 15 is 0 Å². The summed E-state index contributed by atoms with van der Waals surface area (Å²) in [6.07, 6.45) is 3.99. The molecule has 0 spiro atoms. The number of carbonyl (C=O) groups excluding carboxylic acids is 2. The summed E-state index contributed by atoms with van der Waals surface area (Å²) in [6, 6.07) is 5.92. The van der Waals surface area contributed by atoms with Crippen LogP contribution in [0, 0.1) is 5.92 Å². The van der Waals surface area contributed by atoms with Gasteiger partial charge in [-0.1, -0.05) is 12.8 Å². The number of fused-ring (bicyclic) bond motifs is 1. The number of anilines is 1. The van der Waals surface area contributed by atoms with Gasteiger partial charge in [0.1, 0.15) is 11.6 Å². The molecule has 1 atom stereocenters. The Hall–Kier alpha value is -2.48. The third kappa shape index (κ3) is 3.53. The first-order valence-corrected chi connectivity index (χ1v) is 10.1. The van der Waals surface area contributed by atoms with Gasteiger partial charge in [0.25, 0.3) is 0 Å². The van der Waals surface area contributed by atoms with E-state index in [0.717, 1.165) is 25.7 Å². The molecule has 2 fully saturated rings. The van der Waals surface area contributed by atoms with Gasteiger partial charge in [-0.05, 0) is 37.1 Å². The van der Waals surface area contributed by atoms with Crippen molar-refractivity contribution in [1.29, 1.82) is 0 Å². The van der Waals surface area contributed by atoms with Crippen molar-refractivity contribution in [2.45, 2.75) is 31.7 Å². The van der Waals surface area contributed by atoms with Crippen molar-refractivity contribution in [3.63, 3.8) is 0 Å². The Bertz CT molecular complexity index is 903. The zero-order valence-corrected chi connectivity index (χ0v) is 15.5. The van der Waals surface area contributed by atoms with E-state index in [1.807, 2.05) is 0 Å². The summed E-state index contributed by atoms with van der Waals surface area (Å²) in [5, 5.41) is 12.5. The van der Waals surface area contributed by atoms with Gasteiger partial charge in [0.15, 0.2) is 0 Å². The third-order valence-electron chi connectivity index (χ3n) is 5.17. The largest absolute Gasteiger partial charge is 0.475 e. The molecule has 1 unspecified atom stereocenters. The molecule has 1 aromatic heterocycles. The number of amides is 2. The number of benzene rings is 1. The normalized spacial score (nSPS) is 20.3. The van der Waals surface area contributed by atoms with Gasteiger partial charge in [-0.25, -0.2) is 4.79 Å². The first-order chi connectivity index (χ1) is 13.0. The molecule has 2 aromatic rings. The summed E-state index contributed by atoms with van der Waals surface area (Å²) in [7, 11) is 0. The Morgan fingerprint density at radius 1 is 1.19 bits per heavy atom. The van der Waals surface area contributed by atoms with Crippen LogP contribution in [-0.2, 0) is 9.59 Å². The number of thioether (sulfide) groups is 1. The lowest BCUT2D eigenvalue weighted by Gasteiger charge is -2.25. The van der Waals surface area contributed by atoms with Gasteiger partial charge in [0.05, 0.1) is 5.88 Å². The highest BCUT2D eigenvalue weighted by molar-refractivity contribution is 7.99. The van der Waals surface area contributed by atoms with E-state index in [2.05, 4.69) is 5.32 Å². The molecule has 7 nitrogen and oxygen atoms in total. The molecule has 1 aliphatic carbocycles. The summed E-state index contributed by atoms with van der Waals surface area (Å²) < 4.78 is 5.23. The SMILES string of the molecule is O=C(O)c1cc2cc(NC(=O)C3CSCN3C(=O)C3CCCC3)ccc2o1. The molecule has 2 aliphatic rings. The number of carbonyl (C=O) groups is 3. The van der Waals surface area contributed by atoms with Crippen LogP contribution in [0.2, 0.25) is 0 Å². The Morgan fingerprint density at radius 2 is 1.96 bits per heavy atom. The van der Waals surface area contributed by atoms with Crippen molar-refractivity contribution in [3.8, 4) is 0 Å². The number of nitrogens with zero attached hydrogens (tertiary/aromatic N) is 1. The molecular weight excluding hydrogens is 368 g/mol. The van der Waals surface area contributed by atoms with Crippen LogP contribution in [0.5, 0.6) is 0 Å². The zero-order valence-electron chi connectivity index (χ0n) is 14.6. The lowest BCUT2D eigenvalue weighted by Crippen LogP contribution is -2.46. The molecule has 2 N–H and O–H groups in total. The van der Waals surface area contributed by atoms with E-state index in [9.17, 15) is 14.4 Å². The number of aromatic carboxylic acids is 1. The topological polar surface area (TPSA) is 99.9 Å². The molecule has 1 aromatic carbocycles. The Labute approximate surface area is 160 Å². The average Bonchev–Trinajstić information content (AvgIpc) is 3.39. The fourth-order valence-corrected chi connectivity index (χ4v) is 4.90. The number of hydrogen-bond acceptors (Lipinski definition) is 5. The minimum atomic E-state index is -1.14. The van der Waals surface area contributed by atoms with Crippen LogP contribution in [0.3, 0.4) is 0 Å². The lowest BCUT2D eigenvalue weighted by atomic mass is 10.1. The minimum absolute atomic E-state index is 0.0516. The van der Waals surface area contributed by atoms with Gasteiger partial charge < -0.3 is 19.7 Å². The maximum Gasteiger partial charge on any atom is 0.371 e. The molecule has 0 bridgehead atoms. The average molecular weight is 388 g/mol. The van der Waals surface area contributed by atoms with Gasteiger partial charge in [0, 0.05) is 22.7 Å². The predicted octanol–water partition coefficient (Wildman–Crippen LogP) is 3.16. The molecule has 0 radical (unpaired) electrons. The van der Waals surface area contributed by atoms with Gasteiger partial charge in [0.2, 0.25) is 17.6 Å². The van der Waals surface area contributed by atoms with Crippen LogP contribution in [-0.4, -0.2) is 45.5 Å². The molecular formula is C19H20N2O5S. The fourth-order valence-electron chi connectivity index (χ4n) is 3.74. The Balaban J connectivity index is 1.48. The van der Waals surface area contributed by atoms with E-state index in [0.29, 0.717) is 28.3 Å². The lowest BCUT2D eigenvalue weighted by molar-refractivity contribution is -0.139.